The molecular formula is C22H16F3N5O2S. The molecule has 0 aliphatic carbocycles. The van der Waals surface area contributed by atoms with Gasteiger partial charge in [-0.25, -0.2) is 9.78 Å². The van der Waals surface area contributed by atoms with E-state index in [2.05, 4.69) is 49.5 Å². The van der Waals surface area contributed by atoms with Crippen molar-refractivity contribution in [1.82, 2.24) is 19.1 Å². The molecule has 0 bridgehead atoms. The number of aromatic nitrogens is 4. The maximum Gasteiger partial charge on any atom is 0.490 e. The van der Waals surface area contributed by atoms with Crippen LogP contribution in [0.15, 0.2) is 66.4 Å². The first-order chi connectivity index (χ1) is 15.8. The first kappa shape index (κ1) is 23.6. The Balaban J connectivity index is 0.000000383. The molecule has 2 aromatic carbocycles. The highest BCUT2D eigenvalue weighted by Gasteiger charge is 2.38. The van der Waals surface area contributed by atoms with Gasteiger partial charge in [-0.2, -0.15) is 18.4 Å². The lowest BCUT2D eigenvalue weighted by Gasteiger charge is -2.09. The predicted octanol–water partition coefficient (Wildman–Crippen LogP) is 4.55. The predicted molar refractivity (Wildman–Crippen MR) is 114 cm³/mol. The highest BCUT2D eigenvalue weighted by Crippen LogP contribution is 2.19. The Bertz CT molecular complexity index is 1230. The molecule has 1 N–H and O–H groups in total. The monoisotopic (exact) mass is 471 g/mol. The summed E-state index contributed by atoms with van der Waals surface area (Å²) in [6.45, 7) is 0.765. The fourth-order valence-corrected chi connectivity index (χ4v) is 3.28. The number of halogens is 3. The molecule has 0 unspecified atom stereocenters. The van der Waals surface area contributed by atoms with Crippen LogP contribution in [0.5, 0.6) is 0 Å². The lowest BCUT2D eigenvalue weighted by atomic mass is 10.1. The van der Waals surface area contributed by atoms with Gasteiger partial charge in [-0.15, -0.1) is 5.10 Å². The number of hydrogen-bond acceptors (Lipinski definition) is 6. The summed E-state index contributed by atoms with van der Waals surface area (Å²) >= 11 is 1.36. The number of aliphatic carboxylic acids is 1. The van der Waals surface area contributed by atoms with E-state index in [1.165, 1.54) is 17.1 Å². The van der Waals surface area contributed by atoms with Crippen LogP contribution in [0.2, 0.25) is 0 Å². The second-order valence-corrected chi connectivity index (χ2v) is 7.40. The summed E-state index contributed by atoms with van der Waals surface area (Å²) in [6.07, 6.45) is -0.543. The van der Waals surface area contributed by atoms with Crippen LogP contribution in [0.4, 0.5) is 13.2 Å². The fourth-order valence-electron chi connectivity index (χ4n) is 2.81. The van der Waals surface area contributed by atoms with Crippen LogP contribution < -0.4 is 0 Å². The average molecular weight is 471 g/mol. The Hall–Kier alpha value is -4.04. The van der Waals surface area contributed by atoms with Gasteiger partial charge in [0.05, 0.1) is 18.0 Å². The molecule has 7 nitrogen and oxygen atoms in total. The lowest BCUT2D eigenvalue weighted by molar-refractivity contribution is -0.192. The van der Waals surface area contributed by atoms with Gasteiger partial charge in [0.2, 0.25) is 0 Å². The molecule has 0 aliphatic rings. The molecule has 4 rings (SSSR count). The third kappa shape index (κ3) is 6.72. The van der Waals surface area contributed by atoms with Gasteiger partial charge >= 0.3 is 12.1 Å². The minimum absolute atomic E-state index is 0.678. The number of nitrogens with zero attached hydrogens (tertiary/aromatic N) is 5. The zero-order valence-electron chi connectivity index (χ0n) is 16.9. The van der Waals surface area contributed by atoms with Crippen molar-refractivity contribution in [3.63, 3.8) is 0 Å². The quantitative estimate of drug-likeness (QED) is 0.458. The maximum absolute atomic E-state index is 10.6. The Kier molecular flexibility index (Phi) is 7.53. The van der Waals surface area contributed by atoms with Crippen LogP contribution in [0.3, 0.4) is 0 Å². The van der Waals surface area contributed by atoms with Crippen LogP contribution in [-0.2, 0) is 17.8 Å². The maximum atomic E-state index is 10.6. The van der Waals surface area contributed by atoms with Crippen molar-refractivity contribution in [2.45, 2.75) is 19.1 Å². The van der Waals surface area contributed by atoms with E-state index >= 15 is 0 Å². The van der Waals surface area contributed by atoms with Crippen LogP contribution in [0.1, 0.15) is 22.4 Å². The second-order valence-electron chi connectivity index (χ2n) is 6.79. The molecule has 4 aromatic rings. The lowest BCUT2D eigenvalue weighted by Crippen LogP contribution is -2.21. The van der Waals surface area contributed by atoms with E-state index in [0.717, 1.165) is 35.5 Å². The van der Waals surface area contributed by atoms with Gasteiger partial charge < -0.3 is 9.67 Å². The molecular weight excluding hydrogens is 455 g/mol. The highest BCUT2D eigenvalue weighted by atomic mass is 32.1. The molecule has 11 heteroatoms. The van der Waals surface area contributed by atoms with Crippen molar-refractivity contribution < 1.29 is 23.1 Å². The van der Waals surface area contributed by atoms with E-state index in [1.807, 2.05) is 42.2 Å². The summed E-state index contributed by atoms with van der Waals surface area (Å²) in [5.41, 5.74) is 6.17. The standard InChI is InChI=1S/C20H15N5S.C2HF3O2/c21-10-16-3-1-15(2-4-16)9-19-11-22-14-25(19)12-17-5-7-18(8-6-17)20-13-26-24-23-20;3-2(4,5)1(6)7/h1-8,11,13-14H,9,12H2;(H,6,7). The van der Waals surface area contributed by atoms with Gasteiger partial charge in [0, 0.05) is 35.8 Å². The zero-order chi connectivity index (χ0) is 23.8. The normalized spacial score (nSPS) is 10.7. The summed E-state index contributed by atoms with van der Waals surface area (Å²) < 4.78 is 37.8. The number of alkyl halides is 3. The molecule has 0 atom stereocenters. The van der Waals surface area contributed by atoms with Gasteiger partial charge in [-0.05, 0) is 34.8 Å². The number of carboxylic acid groups (broad SMARTS) is 1. The fraction of sp³-hybridized carbons (Fsp3) is 0.136. The van der Waals surface area contributed by atoms with Crippen LogP contribution >= 0.6 is 11.5 Å². The van der Waals surface area contributed by atoms with Crippen molar-refractivity contribution in [1.29, 1.82) is 5.26 Å². The van der Waals surface area contributed by atoms with Crippen molar-refractivity contribution in [2.24, 2.45) is 0 Å². The van der Waals surface area contributed by atoms with Crippen LogP contribution in [-0.4, -0.2) is 36.4 Å². The number of imidazole rings is 1. The van der Waals surface area contributed by atoms with Crippen molar-refractivity contribution in [3.8, 4) is 17.3 Å². The van der Waals surface area contributed by atoms with E-state index in [-0.39, 0.29) is 0 Å². The number of benzene rings is 2. The van der Waals surface area contributed by atoms with Gasteiger partial charge in [-0.1, -0.05) is 40.9 Å². The summed E-state index contributed by atoms with van der Waals surface area (Å²) in [4.78, 5) is 13.2. The Morgan fingerprint density at radius 1 is 1.09 bits per heavy atom. The topological polar surface area (TPSA) is 105 Å². The number of rotatable bonds is 5. The second kappa shape index (κ2) is 10.5. The minimum atomic E-state index is -5.08. The number of hydrogen-bond donors (Lipinski definition) is 1. The van der Waals surface area contributed by atoms with Crippen molar-refractivity contribution in [2.75, 3.05) is 0 Å². The van der Waals surface area contributed by atoms with E-state index in [0.29, 0.717) is 5.56 Å². The smallest absolute Gasteiger partial charge is 0.475 e. The molecule has 2 aromatic heterocycles. The van der Waals surface area contributed by atoms with Crippen molar-refractivity contribution >= 4 is 17.5 Å². The van der Waals surface area contributed by atoms with Crippen LogP contribution in [0.25, 0.3) is 11.3 Å². The Morgan fingerprint density at radius 2 is 1.73 bits per heavy atom. The molecule has 0 radical (unpaired) electrons. The molecule has 0 fully saturated rings. The van der Waals surface area contributed by atoms with Crippen molar-refractivity contribution in [3.05, 3.63) is 88.8 Å². The number of carbonyl (C=O) groups is 1. The summed E-state index contributed by atoms with van der Waals surface area (Å²) in [7, 11) is 0. The van der Waals surface area contributed by atoms with E-state index in [9.17, 15) is 13.2 Å². The third-order valence-electron chi connectivity index (χ3n) is 4.47. The van der Waals surface area contributed by atoms with Crippen LogP contribution in [0, 0.1) is 11.3 Å². The van der Waals surface area contributed by atoms with E-state index in [1.54, 1.807) is 0 Å². The largest absolute Gasteiger partial charge is 0.490 e. The zero-order valence-corrected chi connectivity index (χ0v) is 17.7. The van der Waals surface area contributed by atoms with Gasteiger partial charge in [0.15, 0.2) is 0 Å². The summed E-state index contributed by atoms with van der Waals surface area (Å²) in [6, 6.07) is 18.2. The average Bonchev–Trinajstić information content (AvgIpc) is 3.47. The Labute approximate surface area is 190 Å². The number of carboxylic acids is 1. The van der Waals surface area contributed by atoms with Gasteiger partial charge in [0.1, 0.15) is 5.69 Å². The number of nitriles is 1. The minimum Gasteiger partial charge on any atom is -0.475 e. The van der Waals surface area contributed by atoms with E-state index in [4.69, 9.17) is 15.2 Å². The van der Waals surface area contributed by atoms with Gasteiger partial charge in [-0.3, -0.25) is 0 Å². The first-order valence-corrected chi connectivity index (χ1v) is 10.2. The van der Waals surface area contributed by atoms with E-state index < -0.39 is 12.1 Å². The Morgan fingerprint density at radius 3 is 2.27 bits per heavy atom. The molecule has 0 aliphatic heterocycles. The molecule has 2 heterocycles. The molecule has 33 heavy (non-hydrogen) atoms. The molecule has 168 valence electrons. The molecule has 0 saturated carbocycles. The first-order valence-electron chi connectivity index (χ1n) is 9.41. The molecule has 0 saturated heterocycles. The van der Waals surface area contributed by atoms with Gasteiger partial charge in [0.25, 0.3) is 0 Å². The third-order valence-corrected chi connectivity index (χ3v) is 4.98. The SMILES string of the molecule is N#Cc1ccc(Cc2cncn2Cc2ccc(-c3csnn3)cc2)cc1.O=C(O)C(F)(F)F. The highest BCUT2D eigenvalue weighted by molar-refractivity contribution is 7.03. The molecule has 0 spiro atoms. The molecule has 0 amide bonds. The summed E-state index contributed by atoms with van der Waals surface area (Å²) in [5, 5.41) is 22.1. The summed E-state index contributed by atoms with van der Waals surface area (Å²) in [5.74, 6) is -2.76.